The zero-order valence-electron chi connectivity index (χ0n) is 7.03. The lowest BCUT2D eigenvalue weighted by molar-refractivity contribution is -0.183. The van der Waals surface area contributed by atoms with E-state index in [-0.39, 0.29) is 12.6 Å². The Morgan fingerprint density at radius 3 is 2.83 bits per heavy atom. The summed E-state index contributed by atoms with van der Waals surface area (Å²) in [6.45, 7) is 0.516. The Kier molecular flexibility index (Phi) is 3.81. The molecule has 2 unspecified atom stereocenters. The van der Waals surface area contributed by atoms with Crippen LogP contribution in [-0.2, 0) is 14.2 Å². The molecule has 3 heteroatoms. The molecule has 0 aliphatic carbocycles. The summed E-state index contributed by atoms with van der Waals surface area (Å²) >= 11 is 0. The number of ether oxygens (including phenoxy) is 3. The molecule has 12 heavy (non-hydrogen) atoms. The maximum Gasteiger partial charge on any atom is 0.180 e. The maximum absolute atomic E-state index is 5.24. The Bertz CT molecular complexity index is 192. The molecule has 1 rings (SSSR count). The summed E-state index contributed by atoms with van der Waals surface area (Å²) in [5, 5.41) is 0. The molecule has 0 amide bonds. The summed E-state index contributed by atoms with van der Waals surface area (Å²) in [5.74, 6) is 2.48. The molecular formula is C9H12O3. The van der Waals surface area contributed by atoms with Crippen LogP contribution in [0.5, 0.6) is 0 Å². The lowest BCUT2D eigenvalue weighted by Crippen LogP contribution is -2.17. The van der Waals surface area contributed by atoms with Crippen molar-refractivity contribution in [3.05, 3.63) is 12.2 Å². The van der Waals surface area contributed by atoms with Gasteiger partial charge in [0.2, 0.25) is 0 Å². The van der Waals surface area contributed by atoms with Gasteiger partial charge in [0.25, 0.3) is 0 Å². The Morgan fingerprint density at radius 1 is 1.50 bits per heavy atom. The highest BCUT2D eigenvalue weighted by molar-refractivity contribution is 4.95. The Labute approximate surface area is 72.3 Å². The highest BCUT2D eigenvalue weighted by atomic mass is 16.8. The highest BCUT2D eigenvalue weighted by Gasteiger charge is 2.17. The zero-order chi connectivity index (χ0) is 8.81. The molecule has 1 aliphatic heterocycles. The monoisotopic (exact) mass is 168 g/mol. The van der Waals surface area contributed by atoms with E-state index < -0.39 is 0 Å². The number of rotatable bonds is 4. The molecule has 0 aromatic heterocycles. The molecule has 0 N–H and O–H groups in total. The fraction of sp³-hybridized carbons (Fsp3) is 0.556. The van der Waals surface area contributed by atoms with E-state index in [1.807, 2.05) is 6.08 Å². The maximum atomic E-state index is 5.24. The molecule has 0 saturated heterocycles. The van der Waals surface area contributed by atoms with Gasteiger partial charge in [0, 0.05) is 13.5 Å². The van der Waals surface area contributed by atoms with Crippen molar-refractivity contribution in [3.8, 4) is 12.3 Å². The molecule has 2 atom stereocenters. The predicted molar refractivity (Wildman–Crippen MR) is 44.2 cm³/mol. The van der Waals surface area contributed by atoms with Crippen molar-refractivity contribution in [2.45, 2.75) is 19.0 Å². The predicted octanol–water partition coefficient (Wildman–Crippen LogP) is 0.911. The number of hydrogen-bond acceptors (Lipinski definition) is 3. The minimum absolute atomic E-state index is 0.277. The van der Waals surface area contributed by atoms with E-state index in [4.69, 9.17) is 20.6 Å². The van der Waals surface area contributed by atoms with Gasteiger partial charge in [-0.3, -0.25) is 0 Å². The number of terminal acetylenes is 1. The van der Waals surface area contributed by atoms with Gasteiger partial charge in [-0.1, -0.05) is 0 Å². The first-order valence-electron chi connectivity index (χ1n) is 3.78. The molecule has 66 valence electrons. The van der Waals surface area contributed by atoms with Crippen LogP contribution in [0.2, 0.25) is 0 Å². The summed E-state index contributed by atoms with van der Waals surface area (Å²) in [5.41, 5.74) is 0. The average Bonchev–Trinajstić information content (AvgIpc) is 2.53. The Morgan fingerprint density at radius 2 is 2.25 bits per heavy atom. The quantitative estimate of drug-likeness (QED) is 0.355. The van der Waals surface area contributed by atoms with Gasteiger partial charge in [-0.15, -0.1) is 12.3 Å². The van der Waals surface area contributed by atoms with Gasteiger partial charge in [-0.25, -0.2) is 0 Å². The minimum atomic E-state index is -0.303. The van der Waals surface area contributed by atoms with Crippen LogP contribution in [-0.4, -0.2) is 26.3 Å². The van der Waals surface area contributed by atoms with Crippen LogP contribution in [0.25, 0.3) is 0 Å². The molecule has 0 bridgehead atoms. The van der Waals surface area contributed by atoms with Crippen molar-refractivity contribution < 1.29 is 14.2 Å². The van der Waals surface area contributed by atoms with Gasteiger partial charge >= 0.3 is 0 Å². The van der Waals surface area contributed by atoms with E-state index in [0.717, 1.165) is 0 Å². The van der Waals surface area contributed by atoms with Gasteiger partial charge in [0.1, 0.15) is 0 Å². The molecule has 1 aliphatic rings. The van der Waals surface area contributed by atoms with E-state index >= 15 is 0 Å². The minimum Gasteiger partial charge on any atom is -0.352 e. The van der Waals surface area contributed by atoms with Crippen LogP contribution in [0.4, 0.5) is 0 Å². The third-order valence-electron chi connectivity index (χ3n) is 1.45. The summed E-state index contributed by atoms with van der Waals surface area (Å²) in [7, 11) is 1.58. The second kappa shape index (κ2) is 4.94. The van der Waals surface area contributed by atoms with Gasteiger partial charge in [0.05, 0.1) is 6.61 Å². The van der Waals surface area contributed by atoms with Crippen molar-refractivity contribution >= 4 is 0 Å². The largest absolute Gasteiger partial charge is 0.352 e. The van der Waals surface area contributed by atoms with Crippen LogP contribution < -0.4 is 0 Å². The molecular weight excluding hydrogens is 156 g/mol. The molecule has 3 nitrogen and oxygen atoms in total. The third-order valence-corrected chi connectivity index (χ3v) is 1.45. The topological polar surface area (TPSA) is 27.7 Å². The normalized spacial score (nSPS) is 27.3. The molecule has 0 aromatic carbocycles. The standard InChI is InChI=1S/C9H12O3/c1-3-4-7-11-9-6-5-8(10-2)12-9/h1,5-6,8-9H,4,7H2,2H3. The van der Waals surface area contributed by atoms with Crippen LogP contribution in [0.1, 0.15) is 6.42 Å². The fourth-order valence-electron chi connectivity index (χ4n) is 0.867. The average molecular weight is 168 g/mol. The summed E-state index contributed by atoms with van der Waals surface area (Å²) in [6, 6.07) is 0. The van der Waals surface area contributed by atoms with E-state index in [2.05, 4.69) is 5.92 Å². The first-order chi connectivity index (χ1) is 5.86. The first kappa shape index (κ1) is 9.27. The lowest BCUT2D eigenvalue weighted by Gasteiger charge is -2.12. The van der Waals surface area contributed by atoms with Crippen LogP contribution in [0.15, 0.2) is 12.2 Å². The zero-order valence-corrected chi connectivity index (χ0v) is 7.03. The van der Waals surface area contributed by atoms with Crippen LogP contribution >= 0.6 is 0 Å². The van der Waals surface area contributed by atoms with Crippen molar-refractivity contribution in [3.63, 3.8) is 0 Å². The number of methoxy groups -OCH3 is 1. The van der Waals surface area contributed by atoms with Crippen LogP contribution in [0.3, 0.4) is 0 Å². The second-order valence-electron chi connectivity index (χ2n) is 2.32. The van der Waals surface area contributed by atoms with Crippen molar-refractivity contribution in [2.75, 3.05) is 13.7 Å². The lowest BCUT2D eigenvalue weighted by atomic mass is 10.5. The molecule has 0 spiro atoms. The van der Waals surface area contributed by atoms with Crippen molar-refractivity contribution in [2.24, 2.45) is 0 Å². The molecule has 0 saturated carbocycles. The second-order valence-corrected chi connectivity index (χ2v) is 2.32. The first-order valence-corrected chi connectivity index (χ1v) is 3.78. The van der Waals surface area contributed by atoms with E-state index in [0.29, 0.717) is 13.0 Å². The van der Waals surface area contributed by atoms with Crippen molar-refractivity contribution in [1.29, 1.82) is 0 Å². The SMILES string of the molecule is C#CCCOC1C=CC(OC)O1. The van der Waals surface area contributed by atoms with Gasteiger partial charge in [0.15, 0.2) is 12.6 Å². The fourth-order valence-corrected chi connectivity index (χ4v) is 0.867. The molecule has 0 radical (unpaired) electrons. The summed E-state index contributed by atoms with van der Waals surface area (Å²) < 4.78 is 15.4. The van der Waals surface area contributed by atoms with Crippen molar-refractivity contribution in [1.82, 2.24) is 0 Å². The Balaban J connectivity index is 2.13. The third kappa shape index (κ3) is 2.67. The smallest absolute Gasteiger partial charge is 0.180 e. The number of hydrogen-bond donors (Lipinski definition) is 0. The molecule has 0 aromatic rings. The summed E-state index contributed by atoms with van der Waals surface area (Å²) in [4.78, 5) is 0. The van der Waals surface area contributed by atoms with E-state index in [9.17, 15) is 0 Å². The van der Waals surface area contributed by atoms with Gasteiger partial charge in [-0.05, 0) is 12.2 Å². The van der Waals surface area contributed by atoms with E-state index in [1.165, 1.54) is 0 Å². The molecule has 1 heterocycles. The van der Waals surface area contributed by atoms with Gasteiger partial charge in [-0.2, -0.15) is 0 Å². The van der Waals surface area contributed by atoms with Gasteiger partial charge < -0.3 is 14.2 Å². The van der Waals surface area contributed by atoms with E-state index in [1.54, 1.807) is 13.2 Å². The van der Waals surface area contributed by atoms with Crippen LogP contribution in [0, 0.1) is 12.3 Å². The molecule has 0 fully saturated rings. The highest BCUT2D eigenvalue weighted by Crippen LogP contribution is 2.12. The Hall–Kier alpha value is -0.820. The summed E-state index contributed by atoms with van der Waals surface area (Å²) in [6.07, 6.45) is 8.69.